The summed E-state index contributed by atoms with van der Waals surface area (Å²) in [6, 6.07) is 6.64. The van der Waals surface area contributed by atoms with Gasteiger partial charge in [-0.1, -0.05) is 13.0 Å². The Labute approximate surface area is 117 Å². The monoisotopic (exact) mass is 274 g/mol. The van der Waals surface area contributed by atoms with Gasteiger partial charge in [-0.15, -0.1) is 11.3 Å². The highest BCUT2D eigenvalue weighted by Gasteiger charge is 2.22. The highest BCUT2D eigenvalue weighted by atomic mass is 32.1. The second-order valence-corrected chi connectivity index (χ2v) is 5.46. The lowest BCUT2D eigenvalue weighted by atomic mass is 10.1. The predicted octanol–water partition coefficient (Wildman–Crippen LogP) is 2.85. The van der Waals surface area contributed by atoms with E-state index in [2.05, 4.69) is 34.7 Å². The SMILES string of the molecule is CCC(CC#N)NC(c1cccs1)c1nccn1C. The number of thiophene rings is 1. The van der Waals surface area contributed by atoms with Gasteiger partial charge >= 0.3 is 0 Å². The Bertz CT molecular complexity index is 538. The number of aromatic nitrogens is 2. The van der Waals surface area contributed by atoms with E-state index in [9.17, 15) is 0 Å². The Morgan fingerprint density at radius 3 is 2.95 bits per heavy atom. The summed E-state index contributed by atoms with van der Waals surface area (Å²) < 4.78 is 2.02. The zero-order valence-corrected chi connectivity index (χ0v) is 12.0. The van der Waals surface area contributed by atoms with Crippen LogP contribution in [0, 0.1) is 11.3 Å². The summed E-state index contributed by atoms with van der Waals surface area (Å²) in [6.45, 7) is 2.10. The topological polar surface area (TPSA) is 53.6 Å². The van der Waals surface area contributed by atoms with Crippen LogP contribution in [0.3, 0.4) is 0 Å². The Hall–Kier alpha value is -1.64. The van der Waals surface area contributed by atoms with Crippen molar-refractivity contribution in [1.29, 1.82) is 5.26 Å². The van der Waals surface area contributed by atoms with Crippen molar-refractivity contribution in [2.24, 2.45) is 7.05 Å². The number of hydrogen-bond donors (Lipinski definition) is 1. The quantitative estimate of drug-likeness (QED) is 0.881. The standard InChI is InChI=1S/C14H18N4S/c1-3-11(6-7-15)17-13(12-5-4-10-19-12)14-16-8-9-18(14)2/h4-5,8-11,13,17H,3,6H2,1-2H3. The fourth-order valence-electron chi connectivity index (χ4n) is 2.06. The van der Waals surface area contributed by atoms with Crippen LogP contribution in [0.2, 0.25) is 0 Å². The van der Waals surface area contributed by atoms with Gasteiger partial charge in [0.25, 0.3) is 0 Å². The smallest absolute Gasteiger partial charge is 0.131 e. The second-order valence-electron chi connectivity index (χ2n) is 4.48. The molecule has 0 aliphatic rings. The molecule has 0 amide bonds. The van der Waals surface area contributed by atoms with E-state index < -0.39 is 0 Å². The second kappa shape index (κ2) is 6.50. The maximum Gasteiger partial charge on any atom is 0.131 e. The molecule has 4 nitrogen and oxygen atoms in total. The van der Waals surface area contributed by atoms with E-state index in [1.165, 1.54) is 4.88 Å². The van der Waals surface area contributed by atoms with Crippen LogP contribution in [0.15, 0.2) is 29.9 Å². The van der Waals surface area contributed by atoms with Crippen molar-refractivity contribution >= 4 is 11.3 Å². The van der Waals surface area contributed by atoms with Crippen molar-refractivity contribution in [2.75, 3.05) is 0 Å². The Morgan fingerprint density at radius 2 is 2.42 bits per heavy atom. The number of hydrogen-bond acceptors (Lipinski definition) is 4. The normalized spacial score (nSPS) is 13.9. The maximum atomic E-state index is 8.89. The lowest BCUT2D eigenvalue weighted by Crippen LogP contribution is -2.33. The van der Waals surface area contributed by atoms with Crippen LogP contribution in [0.4, 0.5) is 0 Å². The lowest BCUT2D eigenvalue weighted by Gasteiger charge is -2.22. The Balaban J connectivity index is 2.26. The molecule has 0 aliphatic carbocycles. The van der Waals surface area contributed by atoms with Crippen LogP contribution in [0.1, 0.15) is 36.5 Å². The first-order chi connectivity index (χ1) is 9.26. The summed E-state index contributed by atoms with van der Waals surface area (Å²) in [6.07, 6.45) is 5.20. The number of nitrogens with zero attached hydrogens (tertiary/aromatic N) is 3. The molecule has 2 heterocycles. The highest BCUT2D eigenvalue weighted by Crippen LogP contribution is 2.25. The van der Waals surface area contributed by atoms with E-state index in [0.717, 1.165) is 12.2 Å². The molecule has 2 aromatic heterocycles. The summed E-state index contributed by atoms with van der Waals surface area (Å²) in [5.41, 5.74) is 0. The minimum absolute atomic E-state index is 0.0540. The van der Waals surface area contributed by atoms with Crippen molar-refractivity contribution in [2.45, 2.75) is 31.8 Å². The molecule has 0 aliphatic heterocycles. The first-order valence-corrected chi connectivity index (χ1v) is 7.27. The number of rotatable bonds is 6. The fourth-order valence-corrected chi connectivity index (χ4v) is 2.84. The van der Waals surface area contributed by atoms with Crippen LogP contribution in [0.5, 0.6) is 0 Å². The van der Waals surface area contributed by atoms with Gasteiger partial charge < -0.3 is 4.57 Å². The number of imidazole rings is 1. The van der Waals surface area contributed by atoms with Crippen LogP contribution in [0.25, 0.3) is 0 Å². The van der Waals surface area contributed by atoms with Gasteiger partial charge in [-0.3, -0.25) is 5.32 Å². The van der Waals surface area contributed by atoms with E-state index in [1.54, 1.807) is 11.3 Å². The molecule has 0 bridgehead atoms. The van der Waals surface area contributed by atoms with Gasteiger partial charge in [0.1, 0.15) is 11.9 Å². The van der Waals surface area contributed by atoms with Gasteiger partial charge in [0, 0.05) is 30.4 Å². The molecule has 1 N–H and O–H groups in total. The fraction of sp³-hybridized carbons (Fsp3) is 0.429. The largest absolute Gasteiger partial charge is 0.336 e. The number of nitriles is 1. The van der Waals surface area contributed by atoms with Crippen LogP contribution in [-0.2, 0) is 7.05 Å². The minimum atomic E-state index is 0.0540. The van der Waals surface area contributed by atoms with Crippen molar-refractivity contribution in [1.82, 2.24) is 14.9 Å². The van der Waals surface area contributed by atoms with Gasteiger partial charge in [0.2, 0.25) is 0 Å². The summed E-state index contributed by atoms with van der Waals surface area (Å²) in [4.78, 5) is 5.67. The third-order valence-electron chi connectivity index (χ3n) is 3.18. The Morgan fingerprint density at radius 1 is 1.58 bits per heavy atom. The molecular weight excluding hydrogens is 256 g/mol. The molecule has 2 unspecified atom stereocenters. The molecule has 0 saturated carbocycles. The van der Waals surface area contributed by atoms with Gasteiger partial charge in [-0.2, -0.15) is 5.26 Å². The molecule has 2 rings (SSSR count). The van der Waals surface area contributed by atoms with Crippen LogP contribution >= 0.6 is 11.3 Å². The zero-order chi connectivity index (χ0) is 13.7. The van der Waals surface area contributed by atoms with E-state index in [-0.39, 0.29) is 12.1 Å². The summed E-state index contributed by atoms with van der Waals surface area (Å²) >= 11 is 1.71. The van der Waals surface area contributed by atoms with Crippen LogP contribution in [-0.4, -0.2) is 15.6 Å². The molecule has 0 radical (unpaired) electrons. The molecule has 0 fully saturated rings. The zero-order valence-electron chi connectivity index (χ0n) is 11.2. The first kappa shape index (κ1) is 13.8. The summed E-state index contributed by atoms with van der Waals surface area (Å²) in [5, 5.41) is 14.5. The third-order valence-corrected chi connectivity index (χ3v) is 4.11. The van der Waals surface area contributed by atoms with E-state index in [0.29, 0.717) is 6.42 Å². The van der Waals surface area contributed by atoms with Crippen molar-refractivity contribution in [3.8, 4) is 6.07 Å². The van der Waals surface area contributed by atoms with E-state index >= 15 is 0 Å². The van der Waals surface area contributed by atoms with Crippen molar-refractivity contribution in [3.63, 3.8) is 0 Å². The molecule has 2 aromatic rings. The molecular formula is C14H18N4S. The molecule has 0 aromatic carbocycles. The van der Waals surface area contributed by atoms with Gasteiger partial charge in [-0.05, 0) is 17.9 Å². The van der Waals surface area contributed by atoms with E-state index in [1.807, 2.05) is 30.1 Å². The molecule has 19 heavy (non-hydrogen) atoms. The Kier molecular flexibility index (Phi) is 4.72. The van der Waals surface area contributed by atoms with E-state index in [4.69, 9.17) is 5.26 Å². The molecule has 0 spiro atoms. The minimum Gasteiger partial charge on any atom is -0.336 e. The third kappa shape index (κ3) is 3.22. The number of nitrogens with one attached hydrogen (secondary N) is 1. The van der Waals surface area contributed by atoms with Gasteiger partial charge in [0.15, 0.2) is 0 Å². The maximum absolute atomic E-state index is 8.89. The molecule has 0 saturated heterocycles. The van der Waals surface area contributed by atoms with Crippen molar-refractivity contribution < 1.29 is 0 Å². The lowest BCUT2D eigenvalue weighted by molar-refractivity contribution is 0.450. The van der Waals surface area contributed by atoms with Crippen LogP contribution < -0.4 is 5.32 Å². The summed E-state index contributed by atoms with van der Waals surface area (Å²) in [5.74, 6) is 0.985. The molecule has 2 atom stereocenters. The predicted molar refractivity (Wildman–Crippen MR) is 76.8 cm³/mol. The average Bonchev–Trinajstić information content (AvgIpc) is 3.06. The molecule has 100 valence electrons. The first-order valence-electron chi connectivity index (χ1n) is 6.39. The highest BCUT2D eigenvalue weighted by molar-refractivity contribution is 7.10. The number of aryl methyl sites for hydroxylation is 1. The molecule has 5 heteroatoms. The summed E-state index contributed by atoms with van der Waals surface area (Å²) in [7, 11) is 2.00. The van der Waals surface area contributed by atoms with Crippen molar-refractivity contribution in [3.05, 3.63) is 40.6 Å². The van der Waals surface area contributed by atoms with Gasteiger partial charge in [-0.25, -0.2) is 4.98 Å². The van der Waals surface area contributed by atoms with Gasteiger partial charge in [0.05, 0.1) is 12.5 Å². The average molecular weight is 274 g/mol.